The Balaban J connectivity index is 1.62. The first kappa shape index (κ1) is 23.6. The van der Waals surface area contributed by atoms with Gasteiger partial charge < -0.3 is 20.1 Å². The van der Waals surface area contributed by atoms with E-state index in [-0.39, 0.29) is 12.6 Å². The van der Waals surface area contributed by atoms with Gasteiger partial charge in [0.25, 0.3) is 0 Å². The SMILES string of the molecule is CC(C)(C)OC(=O)NCC(=O)OC1(Nc2ccccc2)CCCCC1n1ncc2ccccc21. The Kier molecular flexibility index (Phi) is 6.77. The van der Waals surface area contributed by atoms with Gasteiger partial charge in [-0.05, 0) is 51.8 Å². The molecule has 8 heteroatoms. The van der Waals surface area contributed by atoms with E-state index in [1.807, 2.05) is 65.5 Å². The van der Waals surface area contributed by atoms with Crippen LogP contribution in [-0.2, 0) is 14.3 Å². The van der Waals surface area contributed by atoms with Crippen LogP contribution in [0.5, 0.6) is 0 Å². The Morgan fingerprint density at radius 3 is 2.59 bits per heavy atom. The number of alkyl carbamates (subject to hydrolysis) is 1. The van der Waals surface area contributed by atoms with Crippen LogP contribution in [0.25, 0.3) is 10.9 Å². The molecule has 0 bridgehead atoms. The van der Waals surface area contributed by atoms with Crippen LogP contribution in [0.2, 0.25) is 0 Å². The number of anilines is 1. The van der Waals surface area contributed by atoms with Crippen LogP contribution in [0, 0.1) is 0 Å². The minimum absolute atomic E-state index is 0.230. The van der Waals surface area contributed by atoms with Crippen molar-refractivity contribution in [1.29, 1.82) is 0 Å². The van der Waals surface area contributed by atoms with E-state index >= 15 is 0 Å². The summed E-state index contributed by atoms with van der Waals surface area (Å²) in [7, 11) is 0. The number of nitrogens with one attached hydrogen (secondary N) is 2. The molecule has 2 N–H and O–H groups in total. The minimum atomic E-state index is -1.03. The topological polar surface area (TPSA) is 94.5 Å². The van der Waals surface area contributed by atoms with Gasteiger partial charge in [0.2, 0.25) is 5.72 Å². The normalized spacial score (nSPS) is 20.5. The Hall–Kier alpha value is -3.55. The number of nitrogens with zero attached hydrogens (tertiary/aromatic N) is 2. The highest BCUT2D eigenvalue weighted by Gasteiger charge is 2.46. The zero-order chi connectivity index (χ0) is 24.2. The Bertz CT molecular complexity index is 1140. The summed E-state index contributed by atoms with van der Waals surface area (Å²) in [5, 5.41) is 11.7. The average molecular weight is 465 g/mol. The van der Waals surface area contributed by atoms with Crippen molar-refractivity contribution in [3.63, 3.8) is 0 Å². The second-order valence-corrected chi connectivity index (χ2v) is 9.62. The molecule has 1 aromatic heterocycles. The number of carbonyl (C=O) groups is 2. The second kappa shape index (κ2) is 9.75. The molecule has 1 saturated carbocycles. The van der Waals surface area contributed by atoms with E-state index in [4.69, 9.17) is 9.47 Å². The highest BCUT2D eigenvalue weighted by atomic mass is 16.6. The van der Waals surface area contributed by atoms with E-state index < -0.39 is 23.4 Å². The predicted octanol–water partition coefficient (Wildman–Crippen LogP) is 5.03. The molecule has 0 saturated heterocycles. The number of hydrogen-bond acceptors (Lipinski definition) is 6. The summed E-state index contributed by atoms with van der Waals surface area (Å²) in [6, 6.07) is 17.5. The summed E-state index contributed by atoms with van der Waals surface area (Å²) in [5.41, 5.74) is 0.149. The molecule has 8 nitrogen and oxygen atoms in total. The Morgan fingerprint density at radius 1 is 1.09 bits per heavy atom. The van der Waals surface area contributed by atoms with Crippen molar-refractivity contribution in [2.75, 3.05) is 11.9 Å². The number of carbonyl (C=O) groups excluding carboxylic acids is 2. The first-order valence-corrected chi connectivity index (χ1v) is 11.7. The molecule has 1 heterocycles. The van der Waals surface area contributed by atoms with E-state index in [2.05, 4.69) is 15.7 Å². The summed E-state index contributed by atoms with van der Waals surface area (Å²) >= 11 is 0. The molecule has 2 atom stereocenters. The van der Waals surface area contributed by atoms with Crippen molar-refractivity contribution in [3.05, 3.63) is 60.8 Å². The summed E-state index contributed by atoms with van der Waals surface area (Å²) in [5.74, 6) is -0.544. The monoisotopic (exact) mass is 464 g/mol. The van der Waals surface area contributed by atoms with Crippen LogP contribution in [0.1, 0.15) is 52.5 Å². The standard InChI is InChI=1S/C26H32N4O4/c1-25(2,3)34-24(32)27-18-23(31)33-26(29-20-12-5-4-6-13-20)16-10-9-15-22(26)30-21-14-8-7-11-19(21)17-28-30/h4-8,11-14,17,22,29H,9-10,15-16,18H2,1-3H3,(H,27,32). The number of benzene rings is 2. The van der Waals surface area contributed by atoms with Crippen molar-refractivity contribution in [2.24, 2.45) is 0 Å². The molecular weight excluding hydrogens is 432 g/mol. The van der Waals surface area contributed by atoms with Crippen molar-refractivity contribution in [1.82, 2.24) is 15.1 Å². The summed E-state index contributed by atoms with van der Waals surface area (Å²) in [6.07, 6.45) is 4.46. The Morgan fingerprint density at radius 2 is 1.82 bits per heavy atom. The number of ether oxygens (including phenoxy) is 2. The number of para-hydroxylation sites is 2. The molecule has 1 aliphatic rings. The van der Waals surface area contributed by atoms with Gasteiger partial charge in [-0.15, -0.1) is 0 Å². The minimum Gasteiger partial charge on any atom is -0.444 e. The summed E-state index contributed by atoms with van der Waals surface area (Å²) in [4.78, 5) is 25.0. The smallest absolute Gasteiger partial charge is 0.408 e. The van der Waals surface area contributed by atoms with Gasteiger partial charge in [-0.2, -0.15) is 5.10 Å². The largest absolute Gasteiger partial charge is 0.444 e. The maximum Gasteiger partial charge on any atom is 0.408 e. The lowest BCUT2D eigenvalue weighted by atomic mass is 9.86. The fourth-order valence-corrected chi connectivity index (χ4v) is 4.44. The van der Waals surface area contributed by atoms with Gasteiger partial charge in [-0.3, -0.25) is 9.48 Å². The van der Waals surface area contributed by atoms with Gasteiger partial charge >= 0.3 is 12.1 Å². The molecule has 0 spiro atoms. The number of aromatic nitrogens is 2. The van der Waals surface area contributed by atoms with Gasteiger partial charge in [-0.25, -0.2) is 4.79 Å². The fourth-order valence-electron chi connectivity index (χ4n) is 4.44. The van der Waals surface area contributed by atoms with E-state index in [9.17, 15) is 9.59 Å². The number of esters is 1. The molecule has 0 radical (unpaired) electrons. The van der Waals surface area contributed by atoms with Gasteiger partial charge in [0.1, 0.15) is 18.2 Å². The van der Waals surface area contributed by atoms with Gasteiger partial charge in [-0.1, -0.05) is 42.8 Å². The summed E-state index contributed by atoms with van der Waals surface area (Å²) in [6.45, 7) is 5.01. The van der Waals surface area contributed by atoms with Crippen LogP contribution >= 0.6 is 0 Å². The second-order valence-electron chi connectivity index (χ2n) is 9.62. The first-order chi connectivity index (χ1) is 16.3. The molecule has 3 aromatic rings. The van der Waals surface area contributed by atoms with Crippen molar-refractivity contribution in [2.45, 2.75) is 63.8 Å². The van der Waals surface area contributed by atoms with Gasteiger partial charge in [0.15, 0.2) is 0 Å². The zero-order valence-corrected chi connectivity index (χ0v) is 19.9. The number of amides is 1. The fraction of sp³-hybridized carbons (Fsp3) is 0.423. The quantitative estimate of drug-likeness (QED) is 0.393. The number of fused-ring (bicyclic) bond motifs is 1. The van der Waals surface area contributed by atoms with E-state index in [0.717, 1.165) is 35.9 Å². The molecule has 180 valence electrons. The lowest BCUT2D eigenvalue weighted by Crippen LogP contribution is -2.53. The molecule has 0 aliphatic heterocycles. The van der Waals surface area contributed by atoms with Crippen molar-refractivity contribution < 1.29 is 19.1 Å². The zero-order valence-electron chi connectivity index (χ0n) is 19.9. The molecule has 34 heavy (non-hydrogen) atoms. The van der Waals surface area contributed by atoms with Crippen molar-refractivity contribution in [3.8, 4) is 0 Å². The number of rotatable bonds is 6. The molecule has 4 rings (SSSR count). The van der Waals surface area contributed by atoms with E-state index in [1.54, 1.807) is 20.8 Å². The average Bonchev–Trinajstić information content (AvgIpc) is 3.21. The van der Waals surface area contributed by atoms with Crippen LogP contribution in [0.4, 0.5) is 10.5 Å². The van der Waals surface area contributed by atoms with Crippen LogP contribution in [0.3, 0.4) is 0 Å². The van der Waals surface area contributed by atoms with Crippen LogP contribution in [-0.4, -0.2) is 39.7 Å². The van der Waals surface area contributed by atoms with Gasteiger partial charge in [0, 0.05) is 17.5 Å². The molecule has 1 fully saturated rings. The van der Waals surface area contributed by atoms with Crippen LogP contribution < -0.4 is 10.6 Å². The highest BCUT2D eigenvalue weighted by molar-refractivity contribution is 5.79. The highest BCUT2D eigenvalue weighted by Crippen LogP contribution is 2.42. The summed E-state index contributed by atoms with van der Waals surface area (Å²) < 4.78 is 13.4. The third-order valence-electron chi connectivity index (χ3n) is 5.82. The van der Waals surface area contributed by atoms with E-state index in [1.165, 1.54) is 0 Å². The van der Waals surface area contributed by atoms with Crippen LogP contribution in [0.15, 0.2) is 60.8 Å². The lowest BCUT2D eigenvalue weighted by molar-refractivity contribution is -0.164. The maximum atomic E-state index is 13.0. The van der Waals surface area contributed by atoms with E-state index in [0.29, 0.717) is 6.42 Å². The first-order valence-electron chi connectivity index (χ1n) is 11.7. The Labute approximate surface area is 199 Å². The van der Waals surface area contributed by atoms with Crippen molar-refractivity contribution >= 4 is 28.7 Å². The molecule has 1 amide bonds. The molecule has 1 aliphatic carbocycles. The molecule has 2 unspecified atom stereocenters. The predicted molar refractivity (Wildman–Crippen MR) is 130 cm³/mol. The molecule has 2 aromatic carbocycles. The third kappa shape index (κ3) is 5.50. The maximum absolute atomic E-state index is 13.0. The lowest BCUT2D eigenvalue weighted by Gasteiger charge is -2.44. The number of hydrogen-bond donors (Lipinski definition) is 2. The third-order valence-corrected chi connectivity index (χ3v) is 5.82. The van der Waals surface area contributed by atoms with Gasteiger partial charge in [0.05, 0.1) is 11.7 Å². The molecular formula is C26H32N4O4.